The van der Waals surface area contributed by atoms with Gasteiger partial charge in [-0.3, -0.25) is 0 Å². The second-order valence-corrected chi connectivity index (χ2v) is 4.21. The Morgan fingerprint density at radius 2 is 2.27 bits per heavy atom. The topological polar surface area (TPSA) is 27.0 Å². The fourth-order valence-corrected chi connectivity index (χ4v) is 2.17. The minimum Gasteiger partial charge on any atom is -0.370 e. The number of hydrogen-bond donors (Lipinski definition) is 0. The van der Waals surface area contributed by atoms with E-state index >= 15 is 0 Å². The lowest BCUT2D eigenvalue weighted by molar-refractivity contribution is 0.629. The summed E-state index contributed by atoms with van der Waals surface area (Å²) in [7, 11) is 0. The molecule has 1 aromatic carbocycles. The van der Waals surface area contributed by atoms with Crippen LogP contribution in [0.15, 0.2) is 24.3 Å². The van der Waals surface area contributed by atoms with Crippen LogP contribution in [0.5, 0.6) is 0 Å². The van der Waals surface area contributed by atoms with E-state index in [-0.39, 0.29) is 5.92 Å². The summed E-state index contributed by atoms with van der Waals surface area (Å²) < 4.78 is 0. The summed E-state index contributed by atoms with van der Waals surface area (Å²) >= 11 is 0. The second-order valence-electron chi connectivity index (χ2n) is 4.21. The quantitative estimate of drug-likeness (QED) is 0.733. The Balaban J connectivity index is 2.19. The van der Waals surface area contributed by atoms with Crippen LogP contribution in [0, 0.1) is 17.2 Å². The first kappa shape index (κ1) is 10.0. The maximum Gasteiger partial charge on any atom is 0.0671 e. The van der Waals surface area contributed by atoms with Gasteiger partial charge < -0.3 is 4.90 Å². The Morgan fingerprint density at radius 1 is 1.47 bits per heavy atom. The molecule has 78 valence electrons. The van der Waals surface area contributed by atoms with E-state index < -0.39 is 0 Å². The van der Waals surface area contributed by atoms with Crippen LogP contribution in [-0.2, 0) is 6.42 Å². The minimum atomic E-state index is 0.108. The Bertz CT molecular complexity index is 378. The van der Waals surface area contributed by atoms with E-state index in [1.165, 1.54) is 24.1 Å². The summed E-state index contributed by atoms with van der Waals surface area (Å²) in [5, 5.41) is 8.84. The van der Waals surface area contributed by atoms with Crippen LogP contribution in [-0.4, -0.2) is 13.1 Å². The molecule has 0 saturated heterocycles. The molecule has 1 aliphatic rings. The molecule has 0 aromatic heterocycles. The summed E-state index contributed by atoms with van der Waals surface area (Å²) in [4.78, 5) is 2.34. The highest BCUT2D eigenvalue weighted by atomic mass is 15.1. The summed E-state index contributed by atoms with van der Waals surface area (Å²) in [5.74, 6) is 0.108. The molecule has 0 radical (unpaired) electrons. The molecule has 1 unspecified atom stereocenters. The monoisotopic (exact) mass is 200 g/mol. The Morgan fingerprint density at radius 3 is 3.07 bits per heavy atom. The van der Waals surface area contributed by atoms with Crippen LogP contribution in [0.4, 0.5) is 5.69 Å². The van der Waals surface area contributed by atoms with E-state index in [1.807, 2.05) is 6.92 Å². The van der Waals surface area contributed by atoms with Gasteiger partial charge in [-0.2, -0.15) is 5.26 Å². The van der Waals surface area contributed by atoms with Gasteiger partial charge in [-0.1, -0.05) is 18.2 Å². The normalized spacial score (nSPS) is 16.7. The largest absolute Gasteiger partial charge is 0.370 e. The molecular formula is C13H16N2. The van der Waals surface area contributed by atoms with Gasteiger partial charge in [0.2, 0.25) is 0 Å². The van der Waals surface area contributed by atoms with Gasteiger partial charge in [0, 0.05) is 18.8 Å². The van der Waals surface area contributed by atoms with E-state index in [2.05, 4.69) is 35.2 Å². The second kappa shape index (κ2) is 4.35. The van der Waals surface area contributed by atoms with Crippen molar-refractivity contribution in [2.45, 2.75) is 19.8 Å². The van der Waals surface area contributed by atoms with Crippen molar-refractivity contribution in [1.29, 1.82) is 5.26 Å². The number of benzene rings is 1. The van der Waals surface area contributed by atoms with Crippen molar-refractivity contribution in [3.8, 4) is 6.07 Å². The SMILES string of the molecule is CC(C#N)CN1CCCc2ccccc21. The third-order valence-corrected chi connectivity index (χ3v) is 2.92. The maximum absolute atomic E-state index is 8.84. The molecule has 15 heavy (non-hydrogen) atoms. The van der Waals surface area contributed by atoms with Gasteiger partial charge in [0.25, 0.3) is 0 Å². The van der Waals surface area contributed by atoms with Gasteiger partial charge in [0.05, 0.1) is 12.0 Å². The molecule has 0 bridgehead atoms. The minimum absolute atomic E-state index is 0.108. The molecule has 0 N–H and O–H groups in total. The lowest BCUT2D eigenvalue weighted by atomic mass is 10.0. The van der Waals surface area contributed by atoms with Crippen molar-refractivity contribution in [3.63, 3.8) is 0 Å². The zero-order valence-electron chi connectivity index (χ0n) is 9.11. The molecule has 2 rings (SSSR count). The zero-order chi connectivity index (χ0) is 10.7. The van der Waals surface area contributed by atoms with Gasteiger partial charge in [0.1, 0.15) is 0 Å². The molecule has 0 amide bonds. The average molecular weight is 200 g/mol. The predicted molar refractivity (Wildman–Crippen MR) is 61.8 cm³/mol. The lowest BCUT2D eigenvalue weighted by Crippen LogP contribution is -2.32. The van der Waals surface area contributed by atoms with Gasteiger partial charge in [0.15, 0.2) is 0 Å². The molecule has 1 aromatic rings. The van der Waals surface area contributed by atoms with E-state index in [4.69, 9.17) is 5.26 Å². The Kier molecular flexibility index (Phi) is 2.91. The smallest absolute Gasteiger partial charge is 0.0671 e. The van der Waals surface area contributed by atoms with Gasteiger partial charge in [-0.15, -0.1) is 0 Å². The summed E-state index contributed by atoms with van der Waals surface area (Å²) in [5.41, 5.74) is 2.75. The molecule has 0 spiro atoms. The first-order valence-electron chi connectivity index (χ1n) is 5.53. The highest BCUT2D eigenvalue weighted by Crippen LogP contribution is 2.26. The standard InChI is InChI=1S/C13H16N2/c1-11(9-14)10-15-8-4-6-12-5-2-3-7-13(12)15/h2-3,5,7,11H,4,6,8,10H2,1H3. The van der Waals surface area contributed by atoms with Crippen LogP contribution in [0.2, 0.25) is 0 Å². The lowest BCUT2D eigenvalue weighted by Gasteiger charge is -2.31. The molecule has 1 atom stereocenters. The molecule has 2 nitrogen and oxygen atoms in total. The summed E-state index contributed by atoms with van der Waals surface area (Å²) in [6.07, 6.45) is 2.38. The Labute approximate surface area is 91.1 Å². The number of para-hydroxylation sites is 1. The number of fused-ring (bicyclic) bond motifs is 1. The number of nitrogens with zero attached hydrogens (tertiary/aromatic N) is 2. The average Bonchev–Trinajstić information content (AvgIpc) is 2.29. The Hall–Kier alpha value is -1.49. The van der Waals surface area contributed by atoms with Crippen molar-refractivity contribution < 1.29 is 0 Å². The molecule has 0 saturated carbocycles. The highest BCUT2D eigenvalue weighted by Gasteiger charge is 2.17. The molecular weight excluding hydrogens is 184 g/mol. The van der Waals surface area contributed by atoms with Crippen LogP contribution in [0.25, 0.3) is 0 Å². The van der Waals surface area contributed by atoms with Gasteiger partial charge in [-0.25, -0.2) is 0 Å². The fraction of sp³-hybridized carbons (Fsp3) is 0.462. The van der Waals surface area contributed by atoms with E-state index in [0.29, 0.717) is 0 Å². The first-order chi connectivity index (χ1) is 7.31. The molecule has 2 heteroatoms. The van der Waals surface area contributed by atoms with E-state index in [0.717, 1.165) is 13.1 Å². The van der Waals surface area contributed by atoms with Crippen LogP contribution >= 0.6 is 0 Å². The number of rotatable bonds is 2. The summed E-state index contributed by atoms with van der Waals surface area (Å²) in [6, 6.07) is 10.8. The van der Waals surface area contributed by atoms with Crippen molar-refractivity contribution >= 4 is 5.69 Å². The first-order valence-corrected chi connectivity index (χ1v) is 5.53. The molecule has 1 aliphatic heterocycles. The number of nitriles is 1. The highest BCUT2D eigenvalue weighted by molar-refractivity contribution is 5.55. The number of hydrogen-bond acceptors (Lipinski definition) is 2. The van der Waals surface area contributed by atoms with E-state index in [9.17, 15) is 0 Å². The van der Waals surface area contributed by atoms with Crippen LogP contribution in [0.3, 0.4) is 0 Å². The van der Waals surface area contributed by atoms with E-state index in [1.54, 1.807) is 0 Å². The molecule has 0 fully saturated rings. The van der Waals surface area contributed by atoms with Crippen molar-refractivity contribution in [3.05, 3.63) is 29.8 Å². The summed E-state index contributed by atoms with van der Waals surface area (Å²) in [6.45, 7) is 3.92. The maximum atomic E-state index is 8.84. The number of anilines is 1. The third-order valence-electron chi connectivity index (χ3n) is 2.92. The van der Waals surface area contributed by atoms with Crippen molar-refractivity contribution in [2.75, 3.05) is 18.0 Å². The van der Waals surface area contributed by atoms with Gasteiger partial charge >= 0.3 is 0 Å². The third kappa shape index (κ3) is 2.12. The predicted octanol–water partition coefficient (Wildman–Crippen LogP) is 2.60. The van der Waals surface area contributed by atoms with Crippen molar-refractivity contribution in [2.24, 2.45) is 5.92 Å². The van der Waals surface area contributed by atoms with Crippen LogP contribution < -0.4 is 4.90 Å². The number of aryl methyl sites for hydroxylation is 1. The van der Waals surface area contributed by atoms with Crippen molar-refractivity contribution in [1.82, 2.24) is 0 Å². The zero-order valence-corrected chi connectivity index (χ0v) is 9.11. The van der Waals surface area contributed by atoms with Crippen LogP contribution in [0.1, 0.15) is 18.9 Å². The molecule has 1 heterocycles. The fourth-order valence-electron chi connectivity index (χ4n) is 2.17. The van der Waals surface area contributed by atoms with Gasteiger partial charge in [-0.05, 0) is 31.4 Å². The molecule has 0 aliphatic carbocycles.